The lowest BCUT2D eigenvalue weighted by atomic mass is 10.1. The summed E-state index contributed by atoms with van der Waals surface area (Å²) in [5.41, 5.74) is 2.05. The van der Waals surface area contributed by atoms with Crippen molar-refractivity contribution < 1.29 is 9.53 Å². The van der Waals surface area contributed by atoms with Gasteiger partial charge in [-0.05, 0) is 26.0 Å². The van der Waals surface area contributed by atoms with Crippen LogP contribution in [0, 0.1) is 6.92 Å². The number of nitrogens with one attached hydrogen (secondary N) is 1. The Balaban J connectivity index is 2.10. The molecule has 0 aliphatic rings. The predicted octanol–water partition coefficient (Wildman–Crippen LogP) is 2.80. The molecule has 0 bridgehead atoms. The number of benzene rings is 1. The Hall–Kier alpha value is -2.01. The van der Waals surface area contributed by atoms with E-state index in [4.69, 9.17) is 16.3 Å². The van der Waals surface area contributed by atoms with Crippen molar-refractivity contribution in [3.05, 3.63) is 46.2 Å². The molecule has 0 fully saturated rings. The Labute approximate surface area is 128 Å². The molecule has 1 heterocycles. The molecule has 1 aromatic carbocycles. The monoisotopic (exact) mass is 307 g/mol. The summed E-state index contributed by atoms with van der Waals surface area (Å²) in [6.07, 6.45) is 1.75. The average Bonchev–Trinajstić information content (AvgIpc) is 2.85. The normalized spacial score (nSPS) is 10.5. The number of nitrogens with zero attached hydrogens (tertiary/aromatic N) is 2. The van der Waals surface area contributed by atoms with E-state index in [0.29, 0.717) is 28.6 Å². The summed E-state index contributed by atoms with van der Waals surface area (Å²) in [6, 6.07) is 5.38. The van der Waals surface area contributed by atoms with Gasteiger partial charge in [0.2, 0.25) is 0 Å². The van der Waals surface area contributed by atoms with Crippen molar-refractivity contribution in [3.63, 3.8) is 0 Å². The zero-order valence-electron chi connectivity index (χ0n) is 12.3. The van der Waals surface area contributed by atoms with Gasteiger partial charge in [0.25, 0.3) is 5.91 Å². The van der Waals surface area contributed by atoms with Crippen LogP contribution >= 0.6 is 11.6 Å². The third-order valence-corrected chi connectivity index (χ3v) is 3.59. The Bertz CT molecular complexity index is 652. The molecular formula is C15H18ClN3O2. The van der Waals surface area contributed by atoms with Gasteiger partial charge in [-0.25, -0.2) is 0 Å². The summed E-state index contributed by atoms with van der Waals surface area (Å²) < 4.78 is 6.96. The minimum atomic E-state index is -0.173. The number of hydrogen-bond acceptors (Lipinski definition) is 3. The first-order valence-corrected chi connectivity index (χ1v) is 7.08. The zero-order chi connectivity index (χ0) is 15.4. The first-order valence-electron chi connectivity index (χ1n) is 6.70. The van der Waals surface area contributed by atoms with Gasteiger partial charge in [-0.3, -0.25) is 9.48 Å². The molecule has 5 nitrogen and oxygen atoms in total. The number of aromatic nitrogens is 2. The van der Waals surface area contributed by atoms with Gasteiger partial charge in [-0.1, -0.05) is 17.7 Å². The summed E-state index contributed by atoms with van der Waals surface area (Å²) in [4.78, 5) is 12.3. The van der Waals surface area contributed by atoms with Crippen LogP contribution in [0.4, 0.5) is 0 Å². The van der Waals surface area contributed by atoms with E-state index in [9.17, 15) is 4.79 Å². The summed E-state index contributed by atoms with van der Waals surface area (Å²) in [5, 5.41) is 7.68. The SMILES string of the molecule is CCn1cc(Cl)c(CNC(=O)c2cccc(OC)c2C)n1. The van der Waals surface area contributed by atoms with Crippen LogP contribution in [0.25, 0.3) is 0 Å². The fraction of sp³-hybridized carbons (Fsp3) is 0.333. The van der Waals surface area contributed by atoms with Crippen molar-refractivity contribution in [1.29, 1.82) is 0 Å². The van der Waals surface area contributed by atoms with Crippen LogP contribution in [0.3, 0.4) is 0 Å². The number of ether oxygens (including phenoxy) is 1. The zero-order valence-corrected chi connectivity index (χ0v) is 13.1. The maximum absolute atomic E-state index is 12.3. The molecule has 0 radical (unpaired) electrons. The van der Waals surface area contributed by atoms with Crippen LogP contribution < -0.4 is 10.1 Å². The van der Waals surface area contributed by atoms with E-state index in [0.717, 1.165) is 12.1 Å². The van der Waals surface area contributed by atoms with Crippen molar-refractivity contribution in [2.24, 2.45) is 0 Å². The van der Waals surface area contributed by atoms with E-state index in [1.165, 1.54) is 0 Å². The molecule has 0 spiro atoms. The molecule has 1 amide bonds. The van der Waals surface area contributed by atoms with Crippen LogP contribution in [0.1, 0.15) is 28.5 Å². The highest BCUT2D eigenvalue weighted by Gasteiger charge is 2.13. The second-order valence-electron chi connectivity index (χ2n) is 4.59. The maximum atomic E-state index is 12.3. The number of aryl methyl sites for hydroxylation is 1. The number of methoxy groups -OCH3 is 1. The summed E-state index contributed by atoms with van der Waals surface area (Å²) in [5.74, 6) is 0.518. The third-order valence-electron chi connectivity index (χ3n) is 3.28. The Morgan fingerprint density at radius 1 is 1.48 bits per heavy atom. The largest absolute Gasteiger partial charge is 0.496 e. The third kappa shape index (κ3) is 3.36. The quantitative estimate of drug-likeness (QED) is 0.924. The van der Waals surface area contributed by atoms with E-state index in [-0.39, 0.29) is 5.91 Å². The highest BCUT2D eigenvalue weighted by atomic mass is 35.5. The van der Waals surface area contributed by atoms with Gasteiger partial charge in [0.1, 0.15) is 11.4 Å². The van der Waals surface area contributed by atoms with E-state index >= 15 is 0 Å². The van der Waals surface area contributed by atoms with Crippen LogP contribution in [0.2, 0.25) is 5.02 Å². The number of hydrogen-bond donors (Lipinski definition) is 1. The van der Waals surface area contributed by atoms with Crippen LogP contribution in [-0.4, -0.2) is 22.8 Å². The molecule has 1 N–H and O–H groups in total. The van der Waals surface area contributed by atoms with Gasteiger partial charge in [0.05, 0.1) is 18.7 Å². The van der Waals surface area contributed by atoms with Crippen molar-refractivity contribution >= 4 is 17.5 Å². The molecule has 1 aromatic heterocycles. The van der Waals surface area contributed by atoms with Gasteiger partial charge in [-0.15, -0.1) is 0 Å². The van der Waals surface area contributed by atoms with Crippen LogP contribution in [-0.2, 0) is 13.1 Å². The minimum Gasteiger partial charge on any atom is -0.496 e. The topological polar surface area (TPSA) is 56.2 Å². The van der Waals surface area contributed by atoms with Crippen molar-refractivity contribution in [3.8, 4) is 5.75 Å². The van der Waals surface area contributed by atoms with E-state index in [1.807, 2.05) is 19.9 Å². The molecule has 0 saturated carbocycles. The van der Waals surface area contributed by atoms with Gasteiger partial charge < -0.3 is 10.1 Å². The standard InChI is InChI=1S/C15H18ClN3O2/c1-4-19-9-12(16)13(18-19)8-17-15(20)11-6-5-7-14(21-3)10(11)2/h5-7,9H,4,8H2,1-3H3,(H,17,20). The average molecular weight is 308 g/mol. The van der Waals surface area contributed by atoms with E-state index in [2.05, 4.69) is 10.4 Å². The smallest absolute Gasteiger partial charge is 0.252 e. The molecule has 112 valence electrons. The molecular weight excluding hydrogens is 290 g/mol. The Morgan fingerprint density at radius 3 is 2.86 bits per heavy atom. The minimum absolute atomic E-state index is 0.173. The van der Waals surface area contributed by atoms with Crippen LogP contribution in [0.15, 0.2) is 24.4 Å². The van der Waals surface area contributed by atoms with E-state index < -0.39 is 0 Å². The lowest BCUT2D eigenvalue weighted by Gasteiger charge is -2.10. The number of carbonyl (C=O) groups is 1. The second-order valence-corrected chi connectivity index (χ2v) is 5.00. The lowest BCUT2D eigenvalue weighted by Crippen LogP contribution is -2.24. The van der Waals surface area contributed by atoms with Crippen molar-refractivity contribution in [1.82, 2.24) is 15.1 Å². The fourth-order valence-electron chi connectivity index (χ4n) is 2.06. The molecule has 2 aromatic rings. The lowest BCUT2D eigenvalue weighted by molar-refractivity contribution is 0.0949. The highest BCUT2D eigenvalue weighted by Crippen LogP contribution is 2.21. The summed E-state index contributed by atoms with van der Waals surface area (Å²) >= 11 is 6.08. The van der Waals surface area contributed by atoms with E-state index in [1.54, 1.807) is 30.1 Å². The van der Waals surface area contributed by atoms with Crippen molar-refractivity contribution in [2.45, 2.75) is 26.9 Å². The summed E-state index contributed by atoms with van der Waals surface area (Å²) in [6.45, 7) is 4.86. The molecule has 0 aliphatic carbocycles. The molecule has 0 unspecified atom stereocenters. The Morgan fingerprint density at radius 2 is 2.24 bits per heavy atom. The molecule has 0 saturated heterocycles. The Kier molecular flexibility index (Phi) is 4.85. The number of halogens is 1. The molecule has 6 heteroatoms. The predicted molar refractivity (Wildman–Crippen MR) is 81.8 cm³/mol. The number of rotatable bonds is 5. The summed E-state index contributed by atoms with van der Waals surface area (Å²) in [7, 11) is 1.58. The first kappa shape index (κ1) is 15.4. The molecule has 2 rings (SSSR count). The molecule has 0 atom stereocenters. The number of carbonyl (C=O) groups excluding carboxylic acids is 1. The van der Waals surface area contributed by atoms with Crippen LogP contribution in [0.5, 0.6) is 5.75 Å². The first-order chi connectivity index (χ1) is 10.1. The second kappa shape index (κ2) is 6.63. The van der Waals surface area contributed by atoms with Gasteiger partial charge in [0.15, 0.2) is 0 Å². The van der Waals surface area contributed by atoms with Crippen molar-refractivity contribution in [2.75, 3.05) is 7.11 Å². The molecule has 0 aliphatic heterocycles. The maximum Gasteiger partial charge on any atom is 0.252 e. The molecule has 21 heavy (non-hydrogen) atoms. The highest BCUT2D eigenvalue weighted by molar-refractivity contribution is 6.31. The van der Waals surface area contributed by atoms with Gasteiger partial charge in [0, 0.05) is 23.9 Å². The van der Waals surface area contributed by atoms with Gasteiger partial charge >= 0.3 is 0 Å². The van der Waals surface area contributed by atoms with Gasteiger partial charge in [-0.2, -0.15) is 5.10 Å². The fourth-order valence-corrected chi connectivity index (χ4v) is 2.28. The number of amides is 1.